The van der Waals surface area contributed by atoms with Crippen molar-refractivity contribution >= 4 is 31.9 Å². The van der Waals surface area contributed by atoms with Gasteiger partial charge in [0.05, 0.1) is 11.5 Å². The molecule has 0 atom stereocenters. The third kappa shape index (κ3) is 5.12. The Morgan fingerprint density at radius 2 is 1.86 bits per heavy atom. The van der Waals surface area contributed by atoms with Gasteiger partial charge in [-0.15, -0.1) is 0 Å². The zero-order valence-electron chi connectivity index (χ0n) is 15.6. The van der Waals surface area contributed by atoms with Crippen LogP contribution < -0.4 is 9.46 Å². The second-order valence-corrected chi connectivity index (χ2v) is 9.23. The molecular formula is C20H23BrN2O4S. The molecule has 2 aromatic carbocycles. The summed E-state index contributed by atoms with van der Waals surface area (Å²) in [4.78, 5) is 14.7. The quantitative estimate of drug-likeness (QED) is 0.707. The minimum atomic E-state index is -3.58. The van der Waals surface area contributed by atoms with Crippen LogP contribution >= 0.6 is 15.9 Å². The summed E-state index contributed by atoms with van der Waals surface area (Å²) in [6.45, 7) is 3.51. The summed E-state index contributed by atoms with van der Waals surface area (Å²) in [7, 11) is -3.58. The highest BCUT2D eigenvalue weighted by Gasteiger charge is 2.27. The number of nitrogens with one attached hydrogen (secondary N) is 1. The van der Waals surface area contributed by atoms with Gasteiger partial charge in [0, 0.05) is 29.2 Å². The Bertz CT molecular complexity index is 923. The number of hydrogen-bond donors (Lipinski definition) is 1. The lowest BCUT2D eigenvalue weighted by atomic mass is 10.0. The number of nitrogens with zero attached hydrogens (tertiary/aromatic N) is 1. The van der Waals surface area contributed by atoms with E-state index in [-0.39, 0.29) is 16.8 Å². The molecule has 3 rings (SSSR count). The summed E-state index contributed by atoms with van der Waals surface area (Å²) in [5.41, 5.74) is 0.608. The number of sulfonamides is 1. The van der Waals surface area contributed by atoms with Crippen molar-refractivity contribution < 1.29 is 17.9 Å². The number of carbonyl (C=O) groups excluding carboxylic acids is 1. The second-order valence-electron chi connectivity index (χ2n) is 6.60. The van der Waals surface area contributed by atoms with Crippen molar-refractivity contribution in [1.82, 2.24) is 9.62 Å². The van der Waals surface area contributed by atoms with Crippen LogP contribution in [0.15, 0.2) is 57.9 Å². The molecular weight excluding hydrogens is 444 g/mol. The van der Waals surface area contributed by atoms with E-state index in [1.54, 1.807) is 53.4 Å². The largest absolute Gasteiger partial charge is 0.494 e. The number of halogens is 1. The van der Waals surface area contributed by atoms with Crippen molar-refractivity contribution in [3.8, 4) is 5.75 Å². The zero-order chi connectivity index (χ0) is 20.1. The molecule has 0 saturated carbocycles. The molecule has 8 heteroatoms. The van der Waals surface area contributed by atoms with Gasteiger partial charge >= 0.3 is 0 Å². The van der Waals surface area contributed by atoms with Crippen LogP contribution in [0.25, 0.3) is 0 Å². The molecule has 1 heterocycles. The number of rotatable bonds is 6. The molecule has 0 unspecified atom stereocenters. The molecule has 2 aromatic rings. The van der Waals surface area contributed by atoms with Crippen LogP contribution in [-0.2, 0) is 10.0 Å². The maximum absolute atomic E-state index is 12.7. The highest BCUT2D eigenvalue weighted by atomic mass is 79.9. The van der Waals surface area contributed by atoms with Gasteiger partial charge < -0.3 is 9.64 Å². The van der Waals surface area contributed by atoms with Crippen molar-refractivity contribution in [2.45, 2.75) is 30.7 Å². The third-order valence-electron chi connectivity index (χ3n) is 4.62. The van der Waals surface area contributed by atoms with Crippen molar-refractivity contribution in [3.63, 3.8) is 0 Å². The SMILES string of the molecule is CCOc1ccc(C(=O)N2CCC(NS(=O)(=O)c3cccc(Br)c3)CC2)cc1. The van der Waals surface area contributed by atoms with Gasteiger partial charge in [0.15, 0.2) is 0 Å². The van der Waals surface area contributed by atoms with Crippen molar-refractivity contribution in [3.05, 3.63) is 58.6 Å². The molecule has 0 bridgehead atoms. The van der Waals surface area contributed by atoms with Gasteiger partial charge in [-0.2, -0.15) is 0 Å². The molecule has 28 heavy (non-hydrogen) atoms. The summed E-state index contributed by atoms with van der Waals surface area (Å²) in [5, 5.41) is 0. The lowest BCUT2D eigenvalue weighted by Gasteiger charge is -2.32. The fourth-order valence-corrected chi connectivity index (χ4v) is 5.07. The van der Waals surface area contributed by atoms with Gasteiger partial charge in [0.25, 0.3) is 5.91 Å². The fourth-order valence-electron chi connectivity index (χ4n) is 3.17. The van der Waals surface area contributed by atoms with Gasteiger partial charge in [-0.1, -0.05) is 22.0 Å². The van der Waals surface area contributed by atoms with E-state index in [4.69, 9.17) is 4.74 Å². The molecule has 150 valence electrons. The molecule has 6 nitrogen and oxygen atoms in total. The predicted molar refractivity (Wildman–Crippen MR) is 111 cm³/mol. The Kier molecular flexibility index (Phi) is 6.74. The molecule has 1 saturated heterocycles. The van der Waals surface area contributed by atoms with Crippen molar-refractivity contribution in [2.75, 3.05) is 19.7 Å². The lowest BCUT2D eigenvalue weighted by molar-refractivity contribution is 0.0711. The number of amides is 1. The number of likely N-dealkylation sites (tertiary alicyclic amines) is 1. The van der Waals surface area contributed by atoms with Crippen LogP contribution in [0.3, 0.4) is 0 Å². The van der Waals surface area contributed by atoms with E-state index >= 15 is 0 Å². The Morgan fingerprint density at radius 3 is 2.46 bits per heavy atom. The van der Waals surface area contributed by atoms with Crippen molar-refractivity contribution in [1.29, 1.82) is 0 Å². The topological polar surface area (TPSA) is 75.7 Å². The first-order valence-corrected chi connectivity index (χ1v) is 11.5. The predicted octanol–water partition coefficient (Wildman–Crippen LogP) is 3.43. The standard InChI is InChI=1S/C20H23BrN2O4S/c1-2-27-18-8-6-15(7-9-18)20(24)23-12-10-17(11-13-23)22-28(25,26)19-5-3-4-16(21)14-19/h3-9,14,17,22H,2,10-13H2,1H3. The van der Waals surface area contributed by atoms with E-state index in [1.165, 1.54) is 0 Å². The van der Waals surface area contributed by atoms with Crippen LogP contribution in [0.5, 0.6) is 5.75 Å². The molecule has 1 aliphatic rings. The fraction of sp³-hybridized carbons (Fsp3) is 0.350. The first-order valence-electron chi connectivity index (χ1n) is 9.19. The van der Waals surface area contributed by atoms with Crippen molar-refractivity contribution in [2.24, 2.45) is 0 Å². The monoisotopic (exact) mass is 466 g/mol. The van der Waals surface area contributed by atoms with E-state index in [2.05, 4.69) is 20.7 Å². The third-order valence-corrected chi connectivity index (χ3v) is 6.63. The summed E-state index contributed by atoms with van der Waals surface area (Å²) in [5.74, 6) is 0.691. The molecule has 0 radical (unpaired) electrons. The van der Waals surface area contributed by atoms with Crippen LogP contribution in [-0.4, -0.2) is 45.0 Å². The smallest absolute Gasteiger partial charge is 0.253 e. The molecule has 0 spiro atoms. The van der Waals surface area contributed by atoms with Crippen LogP contribution in [0.4, 0.5) is 0 Å². The van der Waals surface area contributed by atoms with Crippen LogP contribution in [0.1, 0.15) is 30.1 Å². The highest BCUT2D eigenvalue weighted by molar-refractivity contribution is 9.10. The number of ether oxygens (including phenoxy) is 1. The number of benzene rings is 2. The maximum atomic E-state index is 12.7. The first-order chi connectivity index (χ1) is 13.4. The maximum Gasteiger partial charge on any atom is 0.253 e. The Morgan fingerprint density at radius 1 is 1.18 bits per heavy atom. The summed E-state index contributed by atoms with van der Waals surface area (Å²) >= 11 is 3.29. The zero-order valence-corrected chi connectivity index (χ0v) is 18.0. The number of carbonyl (C=O) groups is 1. The summed E-state index contributed by atoms with van der Waals surface area (Å²) in [6.07, 6.45) is 1.16. The van der Waals surface area contributed by atoms with E-state index in [0.29, 0.717) is 42.6 Å². The molecule has 0 aromatic heterocycles. The molecule has 1 amide bonds. The van der Waals surface area contributed by atoms with Gasteiger partial charge in [-0.05, 0) is 62.2 Å². The van der Waals surface area contributed by atoms with Gasteiger partial charge in [-0.3, -0.25) is 4.79 Å². The molecule has 1 aliphatic heterocycles. The van der Waals surface area contributed by atoms with Gasteiger partial charge in [-0.25, -0.2) is 13.1 Å². The Hall–Kier alpha value is -1.90. The van der Waals surface area contributed by atoms with Crippen LogP contribution in [0, 0.1) is 0 Å². The normalized spacial score (nSPS) is 15.4. The highest BCUT2D eigenvalue weighted by Crippen LogP contribution is 2.20. The van der Waals surface area contributed by atoms with E-state index in [9.17, 15) is 13.2 Å². The van der Waals surface area contributed by atoms with Gasteiger partial charge in [0.2, 0.25) is 10.0 Å². The van der Waals surface area contributed by atoms with Gasteiger partial charge in [0.1, 0.15) is 5.75 Å². The Labute approximate surface area is 174 Å². The summed E-state index contributed by atoms with van der Waals surface area (Å²) in [6, 6.07) is 13.5. The number of hydrogen-bond acceptors (Lipinski definition) is 4. The molecule has 1 N–H and O–H groups in total. The average Bonchev–Trinajstić information content (AvgIpc) is 2.69. The summed E-state index contributed by atoms with van der Waals surface area (Å²) < 4.78 is 34.0. The van der Waals surface area contributed by atoms with E-state index in [0.717, 1.165) is 5.75 Å². The minimum absolute atomic E-state index is 0.0451. The number of piperidine rings is 1. The molecule has 0 aliphatic carbocycles. The first kappa shape index (κ1) is 20.8. The Balaban J connectivity index is 1.57. The van der Waals surface area contributed by atoms with E-state index in [1.807, 2.05) is 6.92 Å². The van der Waals surface area contributed by atoms with Crippen LogP contribution in [0.2, 0.25) is 0 Å². The lowest BCUT2D eigenvalue weighted by Crippen LogP contribution is -2.46. The minimum Gasteiger partial charge on any atom is -0.494 e. The second kappa shape index (κ2) is 9.07. The van der Waals surface area contributed by atoms with E-state index < -0.39 is 10.0 Å². The average molecular weight is 467 g/mol. The molecule has 1 fully saturated rings.